The minimum atomic E-state index is -0.284. The van der Waals surface area contributed by atoms with E-state index < -0.39 is 0 Å². The molecule has 0 fully saturated rings. The van der Waals surface area contributed by atoms with Crippen molar-refractivity contribution in [3.05, 3.63) is 10.6 Å². The first kappa shape index (κ1) is 13.8. The largest absolute Gasteiger partial charge is 0.388 e. The third-order valence-electron chi connectivity index (χ3n) is 3.34. The van der Waals surface area contributed by atoms with Crippen molar-refractivity contribution < 1.29 is 5.11 Å². The Hall–Kier alpha value is -0.610. The van der Waals surface area contributed by atoms with E-state index in [1.807, 2.05) is 0 Å². The van der Waals surface area contributed by atoms with Crippen molar-refractivity contribution in [2.75, 3.05) is 11.4 Å². The van der Waals surface area contributed by atoms with Gasteiger partial charge in [-0.1, -0.05) is 25.2 Å². The van der Waals surface area contributed by atoms with Crippen LogP contribution in [0.2, 0.25) is 0 Å². The molecule has 1 heterocycles. The molecular weight excluding hydrogens is 244 g/mol. The second kappa shape index (κ2) is 5.57. The van der Waals surface area contributed by atoms with E-state index in [4.69, 9.17) is 4.98 Å². The summed E-state index contributed by atoms with van der Waals surface area (Å²) in [7, 11) is 0. The van der Waals surface area contributed by atoms with E-state index in [9.17, 15) is 5.11 Å². The van der Waals surface area contributed by atoms with Gasteiger partial charge in [0.05, 0.1) is 16.7 Å². The van der Waals surface area contributed by atoms with Crippen LogP contribution in [0, 0.1) is 5.92 Å². The van der Waals surface area contributed by atoms with Gasteiger partial charge in [-0.3, -0.25) is 0 Å². The van der Waals surface area contributed by atoms with Gasteiger partial charge in [0, 0.05) is 12.6 Å². The second-order valence-electron chi connectivity index (χ2n) is 5.86. The molecule has 3 nitrogen and oxygen atoms in total. The zero-order valence-corrected chi connectivity index (χ0v) is 12.6. The Morgan fingerprint density at radius 2 is 2.11 bits per heavy atom. The van der Waals surface area contributed by atoms with Crippen molar-refractivity contribution in [1.29, 1.82) is 0 Å². The van der Waals surface area contributed by atoms with Crippen molar-refractivity contribution in [1.82, 2.24) is 4.98 Å². The van der Waals surface area contributed by atoms with Gasteiger partial charge < -0.3 is 10.0 Å². The Balaban J connectivity index is 2.26. The van der Waals surface area contributed by atoms with Crippen LogP contribution in [0.3, 0.4) is 0 Å². The summed E-state index contributed by atoms with van der Waals surface area (Å²) in [5, 5.41) is 11.1. The van der Waals surface area contributed by atoms with E-state index in [2.05, 4.69) is 32.6 Å². The Kier molecular flexibility index (Phi) is 4.28. The number of nitrogens with zero attached hydrogens (tertiary/aromatic N) is 2. The number of aromatic nitrogens is 1. The maximum atomic E-state index is 10.0. The van der Waals surface area contributed by atoms with E-state index in [1.54, 1.807) is 11.3 Å². The molecule has 0 amide bonds. The smallest absolute Gasteiger partial charge is 0.186 e. The summed E-state index contributed by atoms with van der Waals surface area (Å²) in [6, 6.07) is 0.456. The number of aliphatic hydroxyl groups is 1. The molecule has 0 radical (unpaired) electrons. The van der Waals surface area contributed by atoms with Gasteiger partial charge in [0.25, 0.3) is 0 Å². The molecule has 1 unspecified atom stereocenters. The van der Waals surface area contributed by atoms with Crippen molar-refractivity contribution >= 4 is 16.5 Å². The van der Waals surface area contributed by atoms with Gasteiger partial charge in [-0.15, -0.1) is 0 Å². The fourth-order valence-corrected chi connectivity index (χ4v) is 3.68. The average molecular weight is 268 g/mol. The third kappa shape index (κ3) is 2.86. The lowest BCUT2D eigenvalue weighted by Gasteiger charge is -2.27. The number of hydrogen-bond acceptors (Lipinski definition) is 4. The molecule has 1 aromatic heterocycles. The summed E-state index contributed by atoms with van der Waals surface area (Å²) in [6.45, 7) is 9.91. The van der Waals surface area contributed by atoms with Crippen LogP contribution in [-0.4, -0.2) is 22.7 Å². The molecule has 4 heteroatoms. The fourth-order valence-electron chi connectivity index (χ4n) is 2.41. The van der Waals surface area contributed by atoms with Crippen LogP contribution in [0.4, 0.5) is 5.13 Å². The summed E-state index contributed by atoms with van der Waals surface area (Å²) in [4.78, 5) is 8.22. The van der Waals surface area contributed by atoms with Crippen LogP contribution in [0.5, 0.6) is 0 Å². The number of thiazole rings is 1. The van der Waals surface area contributed by atoms with E-state index in [1.165, 1.54) is 0 Å². The predicted octanol–water partition coefficient (Wildman–Crippen LogP) is 3.38. The lowest BCUT2D eigenvalue weighted by atomic mass is 10.0. The molecule has 1 aliphatic rings. The van der Waals surface area contributed by atoms with E-state index in [0.29, 0.717) is 12.0 Å². The molecule has 102 valence electrons. The number of rotatable bonds is 4. The quantitative estimate of drug-likeness (QED) is 0.909. The molecule has 1 N–H and O–H groups in total. The van der Waals surface area contributed by atoms with Crippen molar-refractivity contribution in [2.24, 2.45) is 5.92 Å². The van der Waals surface area contributed by atoms with Gasteiger partial charge >= 0.3 is 0 Å². The minimum Gasteiger partial charge on any atom is -0.388 e. The Morgan fingerprint density at radius 1 is 1.39 bits per heavy atom. The summed E-state index contributed by atoms with van der Waals surface area (Å²) >= 11 is 1.69. The molecule has 1 aliphatic carbocycles. The van der Waals surface area contributed by atoms with Crippen molar-refractivity contribution in [3.63, 3.8) is 0 Å². The van der Waals surface area contributed by atoms with Crippen molar-refractivity contribution in [2.45, 2.75) is 59.1 Å². The highest BCUT2D eigenvalue weighted by atomic mass is 32.1. The molecule has 0 aliphatic heterocycles. The first-order valence-corrected chi connectivity index (χ1v) is 7.75. The normalized spacial score (nSPS) is 19.4. The molecule has 1 aromatic rings. The predicted molar refractivity (Wildman–Crippen MR) is 77.3 cm³/mol. The van der Waals surface area contributed by atoms with Crippen LogP contribution in [0.1, 0.15) is 57.2 Å². The summed E-state index contributed by atoms with van der Waals surface area (Å²) in [5.74, 6) is 0.623. The molecular formula is C14H24N2OS. The highest BCUT2D eigenvalue weighted by molar-refractivity contribution is 7.15. The fraction of sp³-hybridized carbons (Fsp3) is 0.786. The Morgan fingerprint density at radius 3 is 2.67 bits per heavy atom. The lowest BCUT2D eigenvalue weighted by molar-refractivity contribution is 0.160. The molecule has 0 saturated heterocycles. The first-order valence-electron chi connectivity index (χ1n) is 6.93. The van der Waals surface area contributed by atoms with Crippen LogP contribution >= 0.6 is 11.3 Å². The molecule has 1 atom stereocenters. The van der Waals surface area contributed by atoms with E-state index >= 15 is 0 Å². The topological polar surface area (TPSA) is 36.4 Å². The summed E-state index contributed by atoms with van der Waals surface area (Å²) in [6.07, 6.45) is 2.69. The molecule has 18 heavy (non-hydrogen) atoms. The van der Waals surface area contributed by atoms with Gasteiger partial charge in [-0.25, -0.2) is 4.98 Å². The molecule has 0 aromatic carbocycles. The molecule has 0 spiro atoms. The van der Waals surface area contributed by atoms with Crippen LogP contribution < -0.4 is 4.90 Å². The Labute approximate surface area is 114 Å². The third-order valence-corrected chi connectivity index (χ3v) is 4.58. The number of hydrogen-bond donors (Lipinski definition) is 1. The van der Waals surface area contributed by atoms with Gasteiger partial charge in [0.1, 0.15) is 0 Å². The van der Waals surface area contributed by atoms with Gasteiger partial charge in [-0.2, -0.15) is 0 Å². The summed E-state index contributed by atoms with van der Waals surface area (Å²) < 4.78 is 0. The molecule has 0 saturated carbocycles. The first-order chi connectivity index (χ1) is 8.49. The van der Waals surface area contributed by atoms with E-state index in [-0.39, 0.29) is 6.10 Å². The number of aryl methyl sites for hydroxylation is 1. The standard InChI is InChI=1S/C14H24N2OS/c1-9(2)8-16(10(3)4)14-15-11-6-5-7-12(17)13(11)18-14/h9-10,12,17H,5-8H2,1-4H3. The van der Waals surface area contributed by atoms with Crippen LogP contribution in [0.15, 0.2) is 0 Å². The van der Waals surface area contributed by atoms with Gasteiger partial charge in [0.2, 0.25) is 0 Å². The summed E-state index contributed by atoms with van der Waals surface area (Å²) in [5.41, 5.74) is 1.13. The molecule has 2 rings (SSSR count). The number of anilines is 1. The maximum absolute atomic E-state index is 10.0. The highest BCUT2D eigenvalue weighted by Gasteiger charge is 2.25. The second-order valence-corrected chi connectivity index (χ2v) is 6.86. The minimum absolute atomic E-state index is 0.284. The monoisotopic (exact) mass is 268 g/mol. The van der Waals surface area contributed by atoms with Crippen molar-refractivity contribution in [3.8, 4) is 0 Å². The zero-order chi connectivity index (χ0) is 13.3. The Bertz CT molecular complexity index is 400. The van der Waals surface area contributed by atoms with Crippen LogP contribution in [-0.2, 0) is 6.42 Å². The van der Waals surface area contributed by atoms with E-state index in [0.717, 1.165) is 41.5 Å². The maximum Gasteiger partial charge on any atom is 0.186 e. The number of fused-ring (bicyclic) bond motifs is 1. The highest BCUT2D eigenvalue weighted by Crippen LogP contribution is 2.38. The lowest BCUT2D eigenvalue weighted by Crippen LogP contribution is -2.34. The zero-order valence-electron chi connectivity index (χ0n) is 11.8. The van der Waals surface area contributed by atoms with Crippen LogP contribution in [0.25, 0.3) is 0 Å². The SMILES string of the molecule is CC(C)CN(c1nc2c(s1)C(O)CCC2)C(C)C. The van der Waals surface area contributed by atoms with Gasteiger partial charge in [0.15, 0.2) is 5.13 Å². The molecule has 0 bridgehead atoms. The van der Waals surface area contributed by atoms with Gasteiger partial charge in [-0.05, 0) is 39.0 Å². The number of aliphatic hydroxyl groups excluding tert-OH is 1. The average Bonchev–Trinajstić information content (AvgIpc) is 2.70.